The monoisotopic (exact) mass is 393 g/mol. The van der Waals surface area contributed by atoms with Crippen LogP contribution in [0.4, 0.5) is 22.0 Å². The van der Waals surface area contributed by atoms with E-state index in [1.54, 1.807) is 0 Å². The van der Waals surface area contributed by atoms with Gasteiger partial charge in [0.05, 0.1) is 11.5 Å². The quantitative estimate of drug-likeness (QED) is 0.570. The number of hydrogen-bond donors (Lipinski definition) is 1. The fourth-order valence-corrected chi connectivity index (χ4v) is 2.27. The number of benzene rings is 2. The molecule has 1 unspecified atom stereocenters. The molecule has 2 rings (SSSR count). The van der Waals surface area contributed by atoms with Crippen molar-refractivity contribution in [2.75, 3.05) is 0 Å². The first-order valence-corrected chi connectivity index (χ1v) is 7.39. The minimum absolute atomic E-state index is 0. The molecular weight excluding hydrogens is 380 g/mol. The van der Waals surface area contributed by atoms with Gasteiger partial charge in [0.25, 0.3) is 0 Å². The number of aliphatic carboxylic acids is 1. The first kappa shape index (κ1) is 23.3. The van der Waals surface area contributed by atoms with E-state index in [0.29, 0.717) is 6.07 Å². The Morgan fingerprint density at radius 1 is 1.11 bits per heavy atom. The van der Waals surface area contributed by atoms with Crippen molar-refractivity contribution in [3.8, 4) is 0 Å². The SMILES string of the molecule is NC(C/C=C(\c1ccc(C(F)(F)F)cc1)c1ccc(F)cc1F)C(=O)[O-].[Na+]. The molecule has 2 aromatic carbocycles. The molecule has 0 fully saturated rings. The van der Waals surface area contributed by atoms with Crippen molar-refractivity contribution in [1.29, 1.82) is 0 Å². The molecule has 2 N–H and O–H groups in total. The summed E-state index contributed by atoms with van der Waals surface area (Å²) in [5.74, 6) is -3.31. The van der Waals surface area contributed by atoms with Crippen LogP contribution < -0.4 is 40.4 Å². The minimum Gasteiger partial charge on any atom is -0.548 e. The van der Waals surface area contributed by atoms with Crippen LogP contribution >= 0.6 is 0 Å². The topological polar surface area (TPSA) is 66.2 Å². The molecule has 0 amide bonds. The largest absolute Gasteiger partial charge is 1.00 e. The molecule has 0 saturated heterocycles. The summed E-state index contributed by atoms with van der Waals surface area (Å²) in [4.78, 5) is 10.7. The molecule has 27 heavy (non-hydrogen) atoms. The summed E-state index contributed by atoms with van der Waals surface area (Å²) >= 11 is 0. The Labute approximate surface area is 174 Å². The molecule has 0 aliphatic carbocycles. The average molecular weight is 393 g/mol. The van der Waals surface area contributed by atoms with Crippen LogP contribution in [0.2, 0.25) is 0 Å². The Balaban J connectivity index is 0.00000364. The number of carboxylic acids is 1. The summed E-state index contributed by atoms with van der Waals surface area (Å²) in [7, 11) is 0. The molecule has 9 heteroatoms. The number of alkyl halides is 3. The predicted octanol–water partition coefficient (Wildman–Crippen LogP) is -0.113. The summed E-state index contributed by atoms with van der Waals surface area (Å²) in [6.45, 7) is 0. The number of hydrogen-bond acceptors (Lipinski definition) is 3. The van der Waals surface area contributed by atoms with Crippen LogP contribution in [0.5, 0.6) is 0 Å². The Kier molecular flexibility index (Phi) is 8.16. The summed E-state index contributed by atoms with van der Waals surface area (Å²) in [5.41, 5.74) is 4.64. The van der Waals surface area contributed by atoms with Gasteiger partial charge in [0.2, 0.25) is 0 Å². The van der Waals surface area contributed by atoms with Gasteiger partial charge in [-0.25, -0.2) is 8.78 Å². The second-order valence-electron chi connectivity index (χ2n) is 5.48. The van der Waals surface area contributed by atoms with Gasteiger partial charge in [-0.1, -0.05) is 18.2 Å². The maximum atomic E-state index is 14.1. The van der Waals surface area contributed by atoms with E-state index in [-0.39, 0.29) is 52.7 Å². The van der Waals surface area contributed by atoms with E-state index in [1.165, 1.54) is 6.08 Å². The van der Waals surface area contributed by atoms with Crippen molar-refractivity contribution in [3.05, 3.63) is 76.9 Å². The molecule has 0 radical (unpaired) electrons. The summed E-state index contributed by atoms with van der Waals surface area (Å²) in [5, 5.41) is 10.7. The van der Waals surface area contributed by atoms with Gasteiger partial charge < -0.3 is 15.6 Å². The molecule has 138 valence electrons. The molecule has 1 atom stereocenters. The van der Waals surface area contributed by atoms with Crippen LogP contribution in [0.3, 0.4) is 0 Å². The molecule has 0 aromatic heterocycles. The Morgan fingerprint density at radius 3 is 2.19 bits per heavy atom. The van der Waals surface area contributed by atoms with Gasteiger partial charge in [-0.3, -0.25) is 0 Å². The van der Waals surface area contributed by atoms with E-state index in [1.807, 2.05) is 0 Å². The molecule has 0 bridgehead atoms. The van der Waals surface area contributed by atoms with E-state index in [0.717, 1.165) is 36.4 Å². The van der Waals surface area contributed by atoms with E-state index in [2.05, 4.69) is 0 Å². The van der Waals surface area contributed by atoms with E-state index in [9.17, 15) is 31.9 Å². The fraction of sp³-hybridized carbons (Fsp3) is 0.167. The standard InChI is InChI=1S/C18H14F5NO2.Na/c19-12-5-6-14(15(20)9-12)13(7-8-16(24)17(25)26)10-1-3-11(4-2-10)18(21,22)23;/h1-7,9,16H,8,24H2,(H,25,26);/q;+1/p-1/b13-7+;. The first-order chi connectivity index (χ1) is 12.1. The van der Waals surface area contributed by atoms with Crippen molar-refractivity contribution in [2.45, 2.75) is 18.6 Å². The number of carbonyl (C=O) groups is 1. The van der Waals surface area contributed by atoms with Crippen LogP contribution in [-0.4, -0.2) is 12.0 Å². The number of rotatable bonds is 5. The second kappa shape index (κ2) is 9.45. The zero-order valence-corrected chi connectivity index (χ0v) is 16.2. The third kappa shape index (κ3) is 6.14. The molecule has 2 aromatic rings. The maximum Gasteiger partial charge on any atom is 1.00 e. The summed E-state index contributed by atoms with van der Waals surface area (Å²) in [6, 6.07) is 5.17. The van der Waals surface area contributed by atoms with Gasteiger partial charge >= 0.3 is 35.7 Å². The number of halogens is 5. The van der Waals surface area contributed by atoms with Gasteiger partial charge in [0, 0.05) is 17.7 Å². The molecular formula is C18H13F5NNaO2. The van der Waals surface area contributed by atoms with E-state index < -0.39 is 35.4 Å². The van der Waals surface area contributed by atoms with E-state index in [4.69, 9.17) is 5.73 Å². The van der Waals surface area contributed by atoms with Crippen molar-refractivity contribution in [3.63, 3.8) is 0 Å². The molecule has 0 aliphatic rings. The predicted molar refractivity (Wildman–Crippen MR) is 82.5 cm³/mol. The maximum absolute atomic E-state index is 14.1. The Hall–Kier alpha value is -1.74. The van der Waals surface area contributed by atoms with Gasteiger partial charge in [0.1, 0.15) is 11.6 Å². The fourth-order valence-electron chi connectivity index (χ4n) is 2.27. The first-order valence-electron chi connectivity index (χ1n) is 7.39. The Morgan fingerprint density at radius 2 is 1.70 bits per heavy atom. The molecule has 0 saturated carbocycles. The van der Waals surface area contributed by atoms with Crippen LogP contribution in [0.15, 0.2) is 48.5 Å². The number of carboxylic acid groups (broad SMARTS) is 1. The van der Waals surface area contributed by atoms with Crippen molar-refractivity contribution < 1.29 is 61.4 Å². The Bertz CT molecular complexity index is 835. The molecule has 3 nitrogen and oxygen atoms in total. The normalized spacial score (nSPS) is 13.0. The average Bonchev–Trinajstić information content (AvgIpc) is 2.55. The zero-order valence-electron chi connectivity index (χ0n) is 14.2. The van der Waals surface area contributed by atoms with Crippen LogP contribution in [0.25, 0.3) is 5.57 Å². The van der Waals surface area contributed by atoms with Gasteiger partial charge in [-0.15, -0.1) is 0 Å². The molecule has 0 spiro atoms. The second-order valence-corrected chi connectivity index (χ2v) is 5.48. The van der Waals surface area contributed by atoms with Gasteiger partial charge in [0.15, 0.2) is 0 Å². The zero-order chi connectivity index (χ0) is 19.5. The van der Waals surface area contributed by atoms with E-state index >= 15 is 0 Å². The minimum atomic E-state index is -4.54. The van der Waals surface area contributed by atoms with Crippen molar-refractivity contribution >= 4 is 11.5 Å². The summed E-state index contributed by atoms with van der Waals surface area (Å²) in [6.07, 6.45) is -3.53. The van der Waals surface area contributed by atoms with Crippen LogP contribution in [-0.2, 0) is 11.0 Å². The summed E-state index contributed by atoms with van der Waals surface area (Å²) < 4.78 is 65.3. The number of nitrogens with two attached hydrogens (primary N) is 1. The number of carbonyl (C=O) groups excluding carboxylic acids is 1. The molecule has 0 aliphatic heterocycles. The van der Waals surface area contributed by atoms with Crippen molar-refractivity contribution in [2.24, 2.45) is 5.73 Å². The van der Waals surface area contributed by atoms with Crippen LogP contribution in [0, 0.1) is 11.6 Å². The third-order valence-electron chi connectivity index (χ3n) is 3.62. The third-order valence-corrected chi connectivity index (χ3v) is 3.62. The van der Waals surface area contributed by atoms with Gasteiger partial charge in [-0.05, 0) is 41.8 Å². The van der Waals surface area contributed by atoms with Crippen molar-refractivity contribution in [1.82, 2.24) is 0 Å². The smallest absolute Gasteiger partial charge is 0.548 e. The molecule has 0 heterocycles. The van der Waals surface area contributed by atoms with Crippen LogP contribution in [0.1, 0.15) is 23.1 Å². The van der Waals surface area contributed by atoms with Gasteiger partial charge in [-0.2, -0.15) is 13.2 Å².